The molecule has 1 atom stereocenters. The molecule has 0 aromatic carbocycles. The molecule has 0 saturated carbocycles. The molecular weight excluding hydrogens is 189 g/mol. The van der Waals surface area contributed by atoms with Crippen LogP contribution in [0.3, 0.4) is 0 Å². The summed E-state index contributed by atoms with van der Waals surface area (Å²) in [6, 6.07) is 0. The maximum absolute atomic E-state index is 10.7. The summed E-state index contributed by atoms with van der Waals surface area (Å²) in [6.07, 6.45) is 0.613. The van der Waals surface area contributed by atoms with Gasteiger partial charge in [-0.3, -0.25) is 0 Å². The fourth-order valence-corrected chi connectivity index (χ4v) is 2.13. The van der Waals surface area contributed by atoms with Gasteiger partial charge in [0.25, 0.3) is 0 Å². The van der Waals surface area contributed by atoms with Crippen LogP contribution in [0.25, 0.3) is 0 Å². The summed E-state index contributed by atoms with van der Waals surface area (Å²) in [5, 5.41) is 8.42. The average molecular weight is 200 g/mol. The predicted molar refractivity (Wildman–Crippen MR) is 48.9 cm³/mol. The Morgan fingerprint density at radius 1 is 1.60 bits per heavy atom. The number of rotatable bonds is 5. The number of thiol groups is 2. The Labute approximate surface area is 72.2 Å². The van der Waals surface area contributed by atoms with Crippen LogP contribution in [0.2, 0.25) is 0 Å². The lowest BCUT2D eigenvalue weighted by atomic mass is 10.5. The lowest BCUT2D eigenvalue weighted by Crippen LogP contribution is -2.14. The smallest absolute Gasteiger partial charge is 0.396 e. The van der Waals surface area contributed by atoms with Gasteiger partial charge in [0.1, 0.15) is 12.2 Å². The zero-order chi connectivity index (χ0) is 7.98. The monoisotopic (exact) mass is 200 g/mol. The summed E-state index contributed by atoms with van der Waals surface area (Å²) in [5.41, 5.74) is 0. The van der Waals surface area contributed by atoms with Crippen LogP contribution >= 0.6 is 32.0 Å². The molecule has 1 unspecified atom stereocenters. The number of aliphatic hydroxyl groups is 1. The van der Waals surface area contributed by atoms with Gasteiger partial charge >= 0.3 is 7.15 Å². The number of nitrogens with zero attached hydrogens (tertiary/aromatic N) is 1. The van der Waals surface area contributed by atoms with Gasteiger partial charge in [0.15, 0.2) is 0 Å². The van der Waals surface area contributed by atoms with E-state index >= 15 is 0 Å². The van der Waals surface area contributed by atoms with Crippen LogP contribution in [-0.4, -0.2) is 28.8 Å². The first-order valence-electron chi connectivity index (χ1n) is 2.85. The van der Waals surface area contributed by atoms with Crippen molar-refractivity contribution in [1.29, 1.82) is 0 Å². The van der Waals surface area contributed by atoms with Crippen molar-refractivity contribution >= 4 is 32.0 Å². The highest BCUT2D eigenvalue weighted by Crippen LogP contribution is 2.31. The fraction of sp³-hybridized carbons (Fsp3) is 1.00. The quantitative estimate of drug-likeness (QED) is 0.354. The molecule has 0 saturated heterocycles. The molecule has 0 rings (SSSR count). The van der Waals surface area contributed by atoms with E-state index in [9.17, 15) is 4.57 Å². The van der Waals surface area contributed by atoms with Crippen molar-refractivity contribution in [1.82, 2.24) is 4.67 Å². The summed E-state index contributed by atoms with van der Waals surface area (Å²) in [7, 11) is -1.59. The molecule has 0 radical (unpaired) electrons. The molecule has 0 amide bonds. The lowest BCUT2D eigenvalue weighted by molar-refractivity contribution is 0.276. The first kappa shape index (κ1) is 10.7. The third-order valence-corrected chi connectivity index (χ3v) is 3.13. The van der Waals surface area contributed by atoms with Gasteiger partial charge in [-0.1, -0.05) is 4.67 Å². The predicted octanol–water partition coefficient (Wildman–Crippen LogP) is 1.15. The van der Waals surface area contributed by atoms with Crippen molar-refractivity contribution in [3.05, 3.63) is 0 Å². The lowest BCUT2D eigenvalue weighted by Gasteiger charge is -2.02. The third-order valence-electron chi connectivity index (χ3n) is 0.980. The second-order valence-corrected chi connectivity index (χ2v) is 4.08. The molecule has 0 spiro atoms. The van der Waals surface area contributed by atoms with Gasteiger partial charge in [-0.15, -0.1) is 0 Å². The van der Waals surface area contributed by atoms with Crippen LogP contribution in [0, 0.1) is 0 Å². The molecule has 0 aromatic heterocycles. The van der Waals surface area contributed by atoms with Crippen LogP contribution in [0.5, 0.6) is 0 Å². The van der Waals surface area contributed by atoms with E-state index in [4.69, 9.17) is 5.11 Å². The summed E-state index contributed by atoms with van der Waals surface area (Å²) < 4.78 is 12.3. The molecule has 6 heteroatoms. The van der Waals surface area contributed by atoms with E-state index in [0.717, 1.165) is 0 Å². The van der Waals surface area contributed by atoms with E-state index in [1.54, 1.807) is 4.67 Å². The normalized spacial score (nSPS) is 12.2. The minimum Gasteiger partial charge on any atom is -0.396 e. The van der Waals surface area contributed by atoms with E-state index in [0.29, 0.717) is 18.8 Å². The van der Waals surface area contributed by atoms with E-state index in [-0.39, 0.29) is 6.61 Å². The maximum atomic E-state index is 10.7. The summed E-state index contributed by atoms with van der Waals surface area (Å²) in [5.74, 6) is 0.415. The topological polar surface area (TPSA) is 40.5 Å². The molecule has 3 nitrogen and oxygen atoms in total. The van der Waals surface area contributed by atoms with Gasteiger partial charge in [0.2, 0.25) is 0 Å². The Kier molecular flexibility index (Phi) is 6.89. The molecule has 0 fully saturated rings. The van der Waals surface area contributed by atoms with Crippen LogP contribution in [-0.2, 0) is 4.57 Å². The average Bonchev–Trinajstić information content (AvgIpc) is 1.89. The molecule has 60 valence electrons. The van der Waals surface area contributed by atoms with Gasteiger partial charge in [-0.25, -0.2) is 0 Å². The second-order valence-electron chi connectivity index (χ2n) is 1.70. The molecule has 0 aliphatic carbocycles. The Morgan fingerprint density at radius 3 is 2.50 bits per heavy atom. The van der Waals surface area contributed by atoms with Crippen molar-refractivity contribution in [2.45, 2.75) is 6.42 Å². The van der Waals surface area contributed by atoms with Crippen LogP contribution in [0.15, 0.2) is 0 Å². The fourth-order valence-electron chi connectivity index (χ4n) is 0.464. The number of hydrogen-bond acceptors (Lipinski definition) is 3. The zero-order valence-corrected chi connectivity index (χ0v) is 8.16. The van der Waals surface area contributed by atoms with Gasteiger partial charge in [0.05, 0.1) is 5.88 Å². The SMILES string of the molecule is O=[P+](S)N(CS)CCCO. The van der Waals surface area contributed by atoms with E-state index in [1.807, 2.05) is 0 Å². The Morgan fingerprint density at radius 2 is 2.20 bits per heavy atom. The van der Waals surface area contributed by atoms with E-state index < -0.39 is 7.15 Å². The highest BCUT2D eigenvalue weighted by molar-refractivity contribution is 8.39. The highest BCUT2D eigenvalue weighted by atomic mass is 32.7. The number of aliphatic hydroxyl groups excluding tert-OH is 1. The minimum absolute atomic E-state index is 0.112. The first-order chi connectivity index (χ1) is 4.72. The highest BCUT2D eigenvalue weighted by Gasteiger charge is 2.20. The zero-order valence-electron chi connectivity index (χ0n) is 5.47. The van der Waals surface area contributed by atoms with Gasteiger partial charge in [0, 0.05) is 13.2 Å². The summed E-state index contributed by atoms with van der Waals surface area (Å²) >= 11 is 7.69. The Balaban J connectivity index is 3.50. The number of hydrogen-bond donors (Lipinski definition) is 3. The minimum atomic E-state index is -1.59. The Hall–Kier alpha value is 0.720. The molecule has 10 heavy (non-hydrogen) atoms. The standard InChI is InChI=1S/C4H10NO2PS2/c6-3-1-2-5(4-9)8(7)10/h6H,1-4H2,(H-,7,9,10)/p+1. The van der Waals surface area contributed by atoms with E-state index in [2.05, 4.69) is 24.9 Å². The van der Waals surface area contributed by atoms with Gasteiger partial charge < -0.3 is 5.11 Å². The molecule has 0 aromatic rings. The second kappa shape index (κ2) is 6.43. The molecule has 0 aliphatic rings. The van der Waals surface area contributed by atoms with Crippen molar-refractivity contribution in [2.24, 2.45) is 0 Å². The molecule has 1 N–H and O–H groups in total. The van der Waals surface area contributed by atoms with Crippen LogP contribution in [0.4, 0.5) is 0 Å². The Bertz CT molecular complexity index is 113. The first-order valence-corrected chi connectivity index (χ1v) is 5.85. The molecule has 0 aliphatic heterocycles. The van der Waals surface area contributed by atoms with Crippen molar-refractivity contribution < 1.29 is 9.67 Å². The van der Waals surface area contributed by atoms with E-state index in [1.165, 1.54) is 0 Å². The van der Waals surface area contributed by atoms with Crippen LogP contribution < -0.4 is 0 Å². The van der Waals surface area contributed by atoms with Crippen molar-refractivity contribution in [2.75, 3.05) is 19.0 Å². The van der Waals surface area contributed by atoms with Gasteiger partial charge in [-0.2, -0.15) is 12.6 Å². The summed E-state index contributed by atoms with van der Waals surface area (Å²) in [4.78, 5) is 0. The maximum Gasteiger partial charge on any atom is 0.507 e. The van der Waals surface area contributed by atoms with Gasteiger partial charge in [-0.05, 0) is 11.0 Å². The largest absolute Gasteiger partial charge is 0.507 e. The molecule has 0 bridgehead atoms. The van der Waals surface area contributed by atoms with Crippen molar-refractivity contribution in [3.63, 3.8) is 0 Å². The van der Waals surface area contributed by atoms with Crippen molar-refractivity contribution in [3.8, 4) is 0 Å². The third kappa shape index (κ3) is 4.52. The van der Waals surface area contributed by atoms with Crippen LogP contribution in [0.1, 0.15) is 6.42 Å². The molecular formula is C4H11NO2PS2+. The summed E-state index contributed by atoms with van der Waals surface area (Å²) in [6.45, 7) is 0.694. The molecule has 0 heterocycles.